The van der Waals surface area contributed by atoms with E-state index in [4.69, 9.17) is 0 Å². The van der Waals surface area contributed by atoms with Gasteiger partial charge in [-0.1, -0.05) is 13.1 Å². The van der Waals surface area contributed by atoms with Crippen molar-refractivity contribution >= 4 is 0 Å². The van der Waals surface area contributed by atoms with Gasteiger partial charge in [0.25, 0.3) is 0 Å². The average Bonchev–Trinajstić information content (AvgIpc) is 1.64. The standard InChI is InChI=1S/C5H4FN2.V/c1-4-7-3-2-5(6)8-4;/h2H,1H3;/q-1;. The third-order valence-electron chi connectivity index (χ3n) is 0.679. The third kappa shape index (κ3) is 2.58. The summed E-state index contributed by atoms with van der Waals surface area (Å²) >= 11 is 0. The van der Waals surface area contributed by atoms with Crippen LogP contribution in [0.4, 0.5) is 4.39 Å². The van der Waals surface area contributed by atoms with Gasteiger partial charge in [0.1, 0.15) is 0 Å². The molecule has 4 heteroatoms. The first-order valence-corrected chi connectivity index (χ1v) is 2.16. The van der Waals surface area contributed by atoms with Crippen molar-refractivity contribution in [3.8, 4) is 0 Å². The Morgan fingerprint density at radius 1 is 1.67 bits per heavy atom. The smallest absolute Gasteiger partial charge is 0.0985 e. The normalized spacial score (nSPS) is 8.22. The van der Waals surface area contributed by atoms with E-state index in [1.165, 1.54) is 0 Å². The van der Waals surface area contributed by atoms with Gasteiger partial charge in [-0.2, -0.15) is 0 Å². The minimum absolute atomic E-state index is 0. The molecule has 0 atom stereocenters. The first-order chi connectivity index (χ1) is 3.79. The largest absolute Gasteiger partial charge is 0.373 e. The van der Waals surface area contributed by atoms with E-state index in [-0.39, 0.29) is 18.6 Å². The molecule has 1 heterocycles. The zero-order valence-corrected chi connectivity index (χ0v) is 6.19. The topological polar surface area (TPSA) is 25.8 Å². The quantitative estimate of drug-likeness (QED) is 0.415. The Bertz CT molecular complexity index is 175. The van der Waals surface area contributed by atoms with Crippen LogP contribution in [0.15, 0.2) is 6.07 Å². The molecule has 0 aromatic carbocycles. The summed E-state index contributed by atoms with van der Waals surface area (Å²) in [5.41, 5.74) is 0. The van der Waals surface area contributed by atoms with Crippen LogP contribution < -0.4 is 0 Å². The fourth-order valence-corrected chi connectivity index (χ4v) is 0.391. The van der Waals surface area contributed by atoms with Gasteiger partial charge in [-0.15, -0.1) is 6.07 Å². The molecule has 1 rings (SSSR count). The molecule has 0 aliphatic carbocycles. The monoisotopic (exact) mass is 162 g/mol. The first kappa shape index (κ1) is 8.59. The fraction of sp³-hybridized carbons (Fsp3) is 0.200. The third-order valence-corrected chi connectivity index (χ3v) is 0.679. The van der Waals surface area contributed by atoms with Crippen molar-refractivity contribution in [2.24, 2.45) is 0 Å². The van der Waals surface area contributed by atoms with Crippen LogP contribution >= 0.6 is 0 Å². The molecule has 0 unspecified atom stereocenters. The maximum atomic E-state index is 12.0. The molecule has 1 aromatic rings. The second-order valence-electron chi connectivity index (χ2n) is 1.37. The van der Waals surface area contributed by atoms with Crippen LogP contribution in [0.1, 0.15) is 5.82 Å². The number of rotatable bonds is 0. The van der Waals surface area contributed by atoms with Crippen molar-refractivity contribution in [3.63, 3.8) is 0 Å². The summed E-state index contributed by atoms with van der Waals surface area (Å²) in [7, 11) is 0. The van der Waals surface area contributed by atoms with Gasteiger partial charge < -0.3 is 9.97 Å². The van der Waals surface area contributed by atoms with Crippen LogP contribution in [-0.4, -0.2) is 9.97 Å². The van der Waals surface area contributed by atoms with Crippen molar-refractivity contribution in [1.29, 1.82) is 0 Å². The van der Waals surface area contributed by atoms with E-state index in [0.717, 1.165) is 6.07 Å². The van der Waals surface area contributed by atoms with E-state index >= 15 is 0 Å². The van der Waals surface area contributed by atoms with Gasteiger partial charge in [0.05, 0.1) is 5.95 Å². The van der Waals surface area contributed by atoms with Crippen LogP contribution in [0.3, 0.4) is 0 Å². The number of hydrogen-bond donors (Lipinski definition) is 0. The molecule has 0 bridgehead atoms. The van der Waals surface area contributed by atoms with Crippen molar-refractivity contribution in [1.82, 2.24) is 9.97 Å². The number of hydrogen-bond acceptors (Lipinski definition) is 2. The fourth-order valence-electron chi connectivity index (χ4n) is 0.391. The molecule has 0 saturated carbocycles. The summed E-state index contributed by atoms with van der Waals surface area (Å²) in [6, 6.07) is 1.09. The molecule has 0 fully saturated rings. The Kier molecular flexibility index (Phi) is 3.43. The summed E-state index contributed by atoms with van der Waals surface area (Å²) in [5.74, 6) is -0.123. The number of nitrogens with zero attached hydrogens (tertiary/aromatic N) is 2. The van der Waals surface area contributed by atoms with Crippen LogP contribution in [0.5, 0.6) is 0 Å². The maximum Gasteiger partial charge on any atom is 0.0985 e. The van der Waals surface area contributed by atoms with Crippen LogP contribution in [0, 0.1) is 19.1 Å². The Morgan fingerprint density at radius 2 is 2.33 bits per heavy atom. The van der Waals surface area contributed by atoms with Crippen molar-refractivity contribution < 1.29 is 22.9 Å². The van der Waals surface area contributed by atoms with Gasteiger partial charge in [0, 0.05) is 24.4 Å². The summed E-state index contributed by atoms with van der Waals surface area (Å²) in [4.78, 5) is 6.93. The first-order valence-electron chi connectivity index (χ1n) is 2.16. The Balaban J connectivity index is 0.000000640. The number of aryl methyl sites for hydroxylation is 1. The van der Waals surface area contributed by atoms with Gasteiger partial charge in [-0.3, -0.25) is 4.39 Å². The van der Waals surface area contributed by atoms with Crippen molar-refractivity contribution in [2.45, 2.75) is 6.92 Å². The molecule has 1 radical (unpaired) electrons. The van der Waals surface area contributed by atoms with Gasteiger partial charge in [-0.25, -0.2) is 0 Å². The molecule has 47 valence electrons. The zero-order valence-electron chi connectivity index (χ0n) is 4.80. The van der Waals surface area contributed by atoms with Gasteiger partial charge in [0.2, 0.25) is 0 Å². The van der Waals surface area contributed by atoms with Crippen molar-refractivity contribution in [2.75, 3.05) is 0 Å². The van der Waals surface area contributed by atoms with Gasteiger partial charge >= 0.3 is 0 Å². The summed E-state index contributed by atoms with van der Waals surface area (Å²) in [6.45, 7) is 1.61. The molecule has 0 N–H and O–H groups in total. The molecule has 0 amide bonds. The van der Waals surface area contributed by atoms with E-state index in [0.29, 0.717) is 5.82 Å². The van der Waals surface area contributed by atoms with Crippen LogP contribution in [0.25, 0.3) is 0 Å². The van der Waals surface area contributed by atoms with E-state index in [1.54, 1.807) is 6.92 Å². The Hall–Kier alpha value is -0.406. The molecule has 2 nitrogen and oxygen atoms in total. The minimum atomic E-state index is -0.530. The molecule has 1 aromatic heterocycles. The van der Waals surface area contributed by atoms with E-state index < -0.39 is 5.95 Å². The SMILES string of the molecule is Cc1n[c-]cc(F)n1.[V]. The Labute approximate surface area is 64.4 Å². The van der Waals surface area contributed by atoms with Gasteiger partial charge in [0.15, 0.2) is 0 Å². The predicted octanol–water partition coefficient (Wildman–Crippen LogP) is 0.722. The molecule has 0 spiro atoms. The van der Waals surface area contributed by atoms with Crippen LogP contribution in [0.2, 0.25) is 0 Å². The maximum absolute atomic E-state index is 12.0. The second kappa shape index (κ2) is 3.59. The zero-order chi connectivity index (χ0) is 5.98. The summed E-state index contributed by atoms with van der Waals surface area (Å²) in [5, 5.41) is 0. The van der Waals surface area contributed by atoms with Crippen molar-refractivity contribution in [3.05, 3.63) is 24.0 Å². The van der Waals surface area contributed by atoms with Crippen LogP contribution in [-0.2, 0) is 18.6 Å². The minimum Gasteiger partial charge on any atom is -0.373 e. The average molecular weight is 162 g/mol. The van der Waals surface area contributed by atoms with E-state index in [2.05, 4.69) is 16.2 Å². The van der Waals surface area contributed by atoms with E-state index in [1.807, 2.05) is 0 Å². The van der Waals surface area contributed by atoms with Gasteiger partial charge in [-0.05, 0) is 0 Å². The molecule has 9 heavy (non-hydrogen) atoms. The number of halogens is 1. The Morgan fingerprint density at radius 3 is 2.67 bits per heavy atom. The molecule has 0 aliphatic rings. The van der Waals surface area contributed by atoms with E-state index in [9.17, 15) is 4.39 Å². The molecule has 0 aliphatic heterocycles. The molecular weight excluding hydrogens is 158 g/mol. The molecule has 0 saturated heterocycles. The number of aromatic nitrogens is 2. The predicted molar refractivity (Wildman–Crippen MR) is 25.6 cm³/mol. The summed E-state index contributed by atoms with van der Waals surface area (Å²) in [6.07, 6.45) is 2.34. The summed E-state index contributed by atoms with van der Waals surface area (Å²) < 4.78 is 12.0. The molecular formula is C5H4FN2V-. The second-order valence-corrected chi connectivity index (χ2v) is 1.37.